The molecule has 1 heterocycles. The number of ether oxygens (including phenoxy) is 1. The first-order chi connectivity index (χ1) is 10.5. The van der Waals surface area contributed by atoms with E-state index in [-0.39, 0.29) is 12.6 Å². The van der Waals surface area contributed by atoms with Crippen molar-refractivity contribution < 1.29 is 19.4 Å². The first kappa shape index (κ1) is 16.6. The highest BCUT2D eigenvalue weighted by Crippen LogP contribution is 2.28. The minimum Gasteiger partial charge on any atom is -0.493 e. The molecule has 0 aliphatic carbocycles. The van der Waals surface area contributed by atoms with E-state index in [1.54, 1.807) is 23.1 Å². The molecule has 0 aromatic heterocycles. The van der Waals surface area contributed by atoms with Gasteiger partial charge in [0.05, 0.1) is 17.0 Å². The Hall–Kier alpha value is -1.76. The number of hydrogen-bond donors (Lipinski definition) is 2. The SMILES string of the molecule is CCOc1ccc(NC(=O)N2CCCC(C(=O)O)C2)cc1Br. The largest absolute Gasteiger partial charge is 0.493 e. The van der Waals surface area contributed by atoms with Crippen LogP contribution in [0.15, 0.2) is 22.7 Å². The number of halogens is 1. The molecule has 7 heteroatoms. The van der Waals surface area contributed by atoms with Gasteiger partial charge in [-0.3, -0.25) is 4.79 Å². The van der Waals surface area contributed by atoms with Gasteiger partial charge >= 0.3 is 12.0 Å². The fourth-order valence-electron chi connectivity index (χ4n) is 2.42. The Morgan fingerprint density at radius 1 is 1.50 bits per heavy atom. The van der Waals surface area contributed by atoms with Crippen LogP contribution >= 0.6 is 15.9 Å². The van der Waals surface area contributed by atoms with Crippen LogP contribution in [0.4, 0.5) is 10.5 Å². The van der Waals surface area contributed by atoms with Crippen LogP contribution in [0.1, 0.15) is 19.8 Å². The number of hydrogen-bond acceptors (Lipinski definition) is 3. The summed E-state index contributed by atoms with van der Waals surface area (Å²) in [6.45, 7) is 3.29. The third-order valence-corrected chi connectivity index (χ3v) is 4.16. The third kappa shape index (κ3) is 4.13. The van der Waals surface area contributed by atoms with Gasteiger partial charge in [0.15, 0.2) is 0 Å². The number of aliphatic carboxylic acids is 1. The Labute approximate surface area is 137 Å². The Morgan fingerprint density at radius 3 is 2.91 bits per heavy atom. The van der Waals surface area contributed by atoms with Crippen molar-refractivity contribution in [2.24, 2.45) is 5.92 Å². The first-order valence-electron chi connectivity index (χ1n) is 7.22. The number of nitrogens with one attached hydrogen (secondary N) is 1. The van der Waals surface area contributed by atoms with E-state index >= 15 is 0 Å². The van der Waals surface area contributed by atoms with Crippen LogP contribution in [0.5, 0.6) is 5.75 Å². The molecule has 1 aliphatic heterocycles. The topological polar surface area (TPSA) is 78.9 Å². The van der Waals surface area contributed by atoms with E-state index in [0.717, 1.165) is 4.47 Å². The molecule has 6 nitrogen and oxygen atoms in total. The van der Waals surface area contributed by atoms with Crippen LogP contribution in [0.2, 0.25) is 0 Å². The molecule has 0 bridgehead atoms. The van der Waals surface area contributed by atoms with E-state index < -0.39 is 11.9 Å². The number of carboxylic acid groups (broad SMARTS) is 1. The Balaban J connectivity index is 1.99. The average Bonchev–Trinajstić information content (AvgIpc) is 2.50. The number of piperidine rings is 1. The van der Waals surface area contributed by atoms with Crippen molar-refractivity contribution in [3.63, 3.8) is 0 Å². The Morgan fingerprint density at radius 2 is 2.27 bits per heavy atom. The molecule has 2 amide bonds. The van der Waals surface area contributed by atoms with Crippen LogP contribution < -0.4 is 10.1 Å². The molecule has 1 unspecified atom stereocenters. The van der Waals surface area contributed by atoms with Gasteiger partial charge < -0.3 is 20.1 Å². The smallest absolute Gasteiger partial charge is 0.321 e. The van der Waals surface area contributed by atoms with Gasteiger partial charge in [-0.15, -0.1) is 0 Å². The van der Waals surface area contributed by atoms with Crippen molar-refractivity contribution in [3.05, 3.63) is 22.7 Å². The van der Waals surface area contributed by atoms with Crippen molar-refractivity contribution in [2.45, 2.75) is 19.8 Å². The molecule has 1 aliphatic rings. The molecular weight excluding hydrogens is 352 g/mol. The maximum Gasteiger partial charge on any atom is 0.321 e. The summed E-state index contributed by atoms with van der Waals surface area (Å²) in [5, 5.41) is 11.9. The van der Waals surface area contributed by atoms with Gasteiger partial charge in [0.1, 0.15) is 5.75 Å². The van der Waals surface area contributed by atoms with Crippen LogP contribution in [0.3, 0.4) is 0 Å². The van der Waals surface area contributed by atoms with E-state index in [9.17, 15) is 9.59 Å². The third-order valence-electron chi connectivity index (χ3n) is 3.54. The van der Waals surface area contributed by atoms with Crippen molar-refractivity contribution in [3.8, 4) is 5.75 Å². The van der Waals surface area contributed by atoms with Gasteiger partial charge in [0.2, 0.25) is 0 Å². The molecule has 1 atom stereocenters. The van der Waals surface area contributed by atoms with Gasteiger partial charge in [0, 0.05) is 18.8 Å². The second-order valence-electron chi connectivity index (χ2n) is 5.13. The monoisotopic (exact) mass is 370 g/mol. The van der Waals surface area contributed by atoms with Gasteiger partial charge in [-0.1, -0.05) is 0 Å². The molecular formula is C15H19BrN2O4. The quantitative estimate of drug-likeness (QED) is 0.852. The summed E-state index contributed by atoms with van der Waals surface area (Å²) in [4.78, 5) is 24.8. The van der Waals surface area contributed by atoms with E-state index in [2.05, 4.69) is 21.2 Å². The number of carbonyl (C=O) groups is 2. The molecule has 1 fully saturated rings. The van der Waals surface area contributed by atoms with Crippen molar-refractivity contribution in [2.75, 3.05) is 25.0 Å². The summed E-state index contributed by atoms with van der Waals surface area (Å²) in [5.74, 6) is -0.614. The van der Waals surface area contributed by atoms with Crippen molar-refractivity contribution >= 4 is 33.6 Å². The molecule has 2 N–H and O–H groups in total. The lowest BCUT2D eigenvalue weighted by atomic mass is 9.99. The van der Waals surface area contributed by atoms with Crippen LogP contribution in [-0.2, 0) is 4.79 Å². The minimum absolute atomic E-state index is 0.249. The highest BCUT2D eigenvalue weighted by Gasteiger charge is 2.28. The summed E-state index contributed by atoms with van der Waals surface area (Å²) in [6.07, 6.45) is 1.32. The Bertz CT molecular complexity index is 564. The predicted octanol–water partition coefficient (Wildman–Crippen LogP) is 3.18. The fraction of sp³-hybridized carbons (Fsp3) is 0.467. The molecule has 1 saturated heterocycles. The highest BCUT2D eigenvalue weighted by molar-refractivity contribution is 9.10. The highest BCUT2D eigenvalue weighted by atomic mass is 79.9. The normalized spacial score (nSPS) is 17.9. The van der Waals surface area contributed by atoms with Crippen LogP contribution in [-0.4, -0.2) is 41.7 Å². The zero-order valence-corrected chi connectivity index (χ0v) is 13.9. The van der Waals surface area contributed by atoms with Crippen LogP contribution in [0, 0.1) is 5.92 Å². The molecule has 0 saturated carbocycles. The second-order valence-corrected chi connectivity index (χ2v) is 5.99. The predicted molar refractivity (Wildman–Crippen MR) is 86.3 cm³/mol. The number of carbonyl (C=O) groups excluding carboxylic acids is 1. The molecule has 2 rings (SSSR count). The lowest BCUT2D eigenvalue weighted by Gasteiger charge is -2.30. The summed E-state index contributed by atoms with van der Waals surface area (Å²) in [6, 6.07) is 5.02. The van der Waals surface area contributed by atoms with E-state index in [1.165, 1.54) is 0 Å². The summed E-state index contributed by atoms with van der Waals surface area (Å²) in [5.41, 5.74) is 0.637. The zero-order valence-electron chi connectivity index (χ0n) is 12.3. The number of likely N-dealkylation sites (tertiary alicyclic amines) is 1. The second kappa shape index (κ2) is 7.49. The zero-order chi connectivity index (χ0) is 16.1. The average molecular weight is 371 g/mol. The maximum atomic E-state index is 12.2. The Kier molecular flexibility index (Phi) is 5.65. The standard InChI is InChI=1S/C15H19BrN2O4/c1-2-22-13-6-5-11(8-12(13)16)17-15(21)18-7-3-4-10(9-18)14(19)20/h5-6,8,10H,2-4,7,9H2,1H3,(H,17,21)(H,19,20). The lowest BCUT2D eigenvalue weighted by Crippen LogP contribution is -2.44. The fourth-order valence-corrected chi connectivity index (χ4v) is 2.91. The van der Waals surface area contributed by atoms with E-state index in [1.807, 2.05) is 6.92 Å². The van der Waals surface area contributed by atoms with E-state index in [4.69, 9.17) is 9.84 Å². The lowest BCUT2D eigenvalue weighted by molar-refractivity contribution is -0.143. The van der Waals surface area contributed by atoms with Crippen molar-refractivity contribution in [1.29, 1.82) is 0 Å². The number of urea groups is 1. The summed E-state index contributed by atoms with van der Waals surface area (Å²) >= 11 is 3.40. The number of benzene rings is 1. The van der Waals surface area contributed by atoms with E-state index in [0.29, 0.717) is 37.4 Å². The first-order valence-corrected chi connectivity index (χ1v) is 8.01. The molecule has 1 aromatic rings. The molecule has 120 valence electrons. The van der Waals surface area contributed by atoms with Crippen LogP contribution in [0.25, 0.3) is 0 Å². The van der Waals surface area contributed by atoms with Gasteiger partial charge in [0.25, 0.3) is 0 Å². The van der Waals surface area contributed by atoms with Gasteiger partial charge in [-0.05, 0) is 53.9 Å². The summed E-state index contributed by atoms with van der Waals surface area (Å²) in [7, 11) is 0. The number of carboxylic acids is 1. The number of amides is 2. The number of nitrogens with zero attached hydrogens (tertiary/aromatic N) is 1. The van der Waals surface area contributed by atoms with Crippen molar-refractivity contribution in [1.82, 2.24) is 4.90 Å². The molecule has 22 heavy (non-hydrogen) atoms. The minimum atomic E-state index is -0.846. The maximum absolute atomic E-state index is 12.2. The molecule has 1 aromatic carbocycles. The molecule has 0 radical (unpaired) electrons. The van der Waals surface area contributed by atoms with Gasteiger partial charge in [-0.2, -0.15) is 0 Å². The summed E-state index contributed by atoms with van der Waals surface area (Å²) < 4.78 is 6.18. The molecule has 0 spiro atoms. The number of rotatable bonds is 4. The van der Waals surface area contributed by atoms with Gasteiger partial charge in [-0.25, -0.2) is 4.79 Å². The number of anilines is 1.